The van der Waals surface area contributed by atoms with Crippen molar-refractivity contribution in [1.29, 1.82) is 0 Å². The summed E-state index contributed by atoms with van der Waals surface area (Å²) in [4.78, 5) is 24.4. The van der Waals surface area contributed by atoms with E-state index in [0.29, 0.717) is 11.3 Å². The lowest BCUT2D eigenvalue weighted by Gasteiger charge is -2.32. The molecule has 0 heterocycles. The van der Waals surface area contributed by atoms with Gasteiger partial charge in [-0.25, -0.2) is 4.79 Å². The van der Waals surface area contributed by atoms with Gasteiger partial charge in [0.05, 0.1) is 17.6 Å². The fraction of sp³-hybridized carbons (Fsp3) is 0.533. The SMILES string of the molecule is COC(=O)c1ccc([N+](=O)[O-])c(N(C)C2CCCCC2)c1. The Hall–Kier alpha value is -2.11. The van der Waals surface area contributed by atoms with E-state index in [1.807, 2.05) is 11.9 Å². The lowest BCUT2D eigenvalue weighted by molar-refractivity contribution is -0.384. The van der Waals surface area contributed by atoms with Gasteiger partial charge in [-0.15, -0.1) is 0 Å². The van der Waals surface area contributed by atoms with E-state index < -0.39 is 10.9 Å². The van der Waals surface area contributed by atoms with Gasteiger partial charge in [-0.1, -0.05) is 19.3 Å². The van der Waals surface area contributed by atoms with Crippen LogP contribution in [0.1, 0.15) is 42.5 Å². The molecule has 1 aliphatic rings. The number of nitrogens with zero attached hydrogens (tertiary/aromatic N) is 2. The summed E-state index contributed by atoms with van der Waals surface area (Å²) in [5.74, 6) is -0.483. The Labute approximate surface area is 123 Å². The lowest BCUT2D eigenvalue weighted by Crippen LogP contribution is -2.33. The minimum absolute atomic E-state index is 0.0238. The molecule has 1 saturated carbocycles. The van der Waals surface area contributed by atoms with Crippen LogP contribution in [0.25, 0.3) is 0 Å². The fourth-order valence-electron chi connectivity index (χ4n) is 2.87. The van der Waals surface area contributed by atoms with Crippen molar-refractivity contribution in [1.82, 2.24) is 0 Å². The maximum atomic E-state index is 11.6. The van der Waals surface area contributed by atoms with Crippen molar-refractivity contribution in [3.8, 4) is 0 Å². The number of carbonyl (C=O) groups excluding carboxylic acids is 1. The zero-order chi connectivity index (χ0) is 15.4. The van der Waals surface area contributed by atoms with Crippen molar-refractivity contribution in [2.75, 3.05) is 19.1 Å². The smallest absolute Gasteiger partial charge is 0.337 e. The molecule has 0 unspecified atom stereocenters. The first-order chi connectivity index (χ1) is 10.0. The molecule has 6 nitrogen and oxygen atoms in total. The molecule has 0 aliphatic heterocycles. The maximum absolute atomic E-state index is 11.6. The van der Waals surface area contributed by atoms with Crippen LogP contribution in [0.15, 0.2) is 18.2 Å². The number of esters is 1. The Bertz CT molecular complexity index is 538. The summed E-state index contributed by atoms with van der Waals surface area (Å²) in [6.07, 6.45) is 5.54. The van der Waals surface area contributed by atoms with E-state index in [4.69, 9.17) is 0 Å². The number of benzene rings is 1. The van der Waals surface area contributed by atoms with Crippen molar-refractivity contribution in [2.24, 2.45) is 0 Å². The van der Waals surface area contributed by atoms with Gasteiger partial charge in [-0.3, -0.25) is 10.1 Å². The van der Waals surface area contributed by atoms with E-state index in [1.54, 1.807) is 6.07 Å². The highest BCUT2D eigenvalue weighted by Crippen LogP contribution is 2.33. The normalized spacial score (nSPS) is 15.5. The molecule has 0 radical (unpaired) electrons. The Morgan fingerprint density at radius 3 is 2.57 bits per heavy atom. The average molecular weight is 292 g/mol. The van der Waals surface area contributed by atoms with Gasteiger partial charge in [0.1, 0.15) is 5.69 Å². The van der Waals surface area contributed by atoms with E-state index >= 15 is 0 Å². The molecule has 2 rings (SSSR count). The van der Waals surface area contributed by atoms with E-state index in [9.17, 15) is 14.9 Å². The molecule has 0 bridgehead atoms. The lowest BCUT2D eigenvalue weighted by atomic mass is 9.94. The molecule has 1 aromatic carbocycles. The minimum Gasteiger partial charge on any atom is -0.465 e. The summed E-state index contributed by atoms with van der Waals surface area (Å²) in [7, 11) is 3.16. The highest BCUT2D eigenvalue weighted by Gasteiger charge is 2.25. The van der Waals surface area contributed by atoms with Crippen LogP contribution >= 0.6 is 0 Å². The molecule has 0 aromatic heterocycles. The maximum Gasteiger partial charge on any atom is 0.337 e. The molecule has 0 spiro atoms. The van der Waals surface area contributed by atoms with E-state index in [1.165, 1.54) is 25.7 Å². The number of ether oxygens (including phenoxy) is 1. The zero-order valence-electron chi connectivity index (χ0n) is 12.4. The van der Waals surface area contributed by atoms with Crippen LogP contribution in [-0.4, -0.2) is 31.1 Å². The molecule has 0 amide bonds. The third kappa shape index (κ3) is 3.32. The summed E-state index contributed by atoms with van der Waals surface area (Å²) < 4.78 is 4.69. The summed E-state index contributed by atoms with van der Waals surface area (Å²) in [6, 6.07) is 4.65. The van der Waals surface area contributed by atoms with Gasteiger partial charge in [-0.05, 0) is 25.0 Å². The number of hydrogen-bond acceptors (Lipinski definition) is 5. The van der Waals surface area contributed by atoms with E-state index in [2.05, 4.69) is 4.74 Å². The highest BCUT2D eigenvalue weighted by atomic mass is 16.6. The molecule has 0 N–H and O–H groups in total. The van der Waals surface area contributed by atoms with Gasteiger partial charge >= 0.3 is 5.97 Å². The van der Waals surface area contributed by atoms with Gasteiger partial charge in [0.25, 0.3) is 5.69 Å². The molecule has 1 fully saturated rings. The number of hydrogen-bond donors (Lipinski definition) is 0. The second-order valence-electron chi connectivity index (χ2n) is 5.35. The van der Waals surface area contributed by atoms with Gasteiger partial charge in [0, 0.05) is 19.2 Å². The molecular formula is C15H20N2O4. The Morgan fingerprint density at radius 1 is 1.33 bits per heavy atom. The standard InChI is InChI=1S/C15H20N2O4/c1-16(12-6-4-3-5-7-12)14-10-11(15(18)21-2)8-9-13(14)17(19)20/h8-10,12H,3-7H2,1-2H3. The fourth-order valence-corrected chi connectivity index (χ4v) is 2.87. The van der Waals surface area contributed by atoms with Crippen LogP contribution in [0.2, 0.25) is 0 Å². The van der Waals surface area contributed by atoms with Crippen LogP contribution in [0.4, 0.5) is 11.4 Å². The van der Waals surface area contributed by atoms with Crippen molar-refractivity contribution in [2.45, 2.75) is 38.1 Å². The van der Waals surface area contributed by atoms with Gasteiger partial charge < -0.3 is 9.64 Å². The Morgan fingerprint density at radius 2 is 2.00 bits per heavy atom. The molecular weight excluding hydrogens is 272 g/mol. The van der Waals surface area contributed by atoms with Crippen LogP contribution in [-0.2, 0) is 4.74 Å². The molecule has 6 heteroatoms. The van der Waals surface area contributed by atoms with Gasteiger partial charge in [0.2, 0.25) is 0 Å². The molecule has 1 aliphatic carbocycles. The molecule has 0 saturated heterocycles. The Kier molecular flexibility index (Phi) is 4.77. The summed E-state index contributed by atoms with van der Waals surface area (Å²) >= 11 is 0. The van der Waals surface area contributed by atoms with Crippen LogP contribution in [0.5, 0.6) is 0 Å². The minimum atomic E-state index is -0.483. The summed E-state index contributed by atoms with van der Waals surface area (Å²) in [5.41, 5.74) is 0.839. The topological polar surface area (TPSA) is 72.7 Å². The number of carbonyl (C=O) groups is 1. The van der Waals surface area contributed by atoms with Crippen LogP contribution in [0.3, 0.4) is 0 Å². The largest absolute Gasteiger partial charge is 0.465 e. The first kappa shape index (κ1) is 15.3. The third-order valence-electron chi connectivity index (χ3n) is 4.10. The summed E-state index contributed by atoms with van der Waals surface area (Å²) in [5, 5.41) is 11.2. The van der Waals surface area contributed by atoms with Gasteiger partial charge in [-0.2, -0.15) is 0 Å². The summed E-state index contributed by atoms with van der Waals surface area (Å²) in [6.45, 7) is 0. The Balaban J connectivity index is 2.37. The highest BCUT2D eigenvalue weighted by molar-refractivity contribution is 5.91. The van der Waals surface area contributed by atoms with Crippen LogP contribution < -0.4 is 4.90 Å². The monoisotopic (exact) mass is 292 g/mol. The number of methoxy groups -OCH3 is 1. The number of nitro benzene ring substituents is 1. The van der Waals surface area contributed by atoms with Crippen molar-refractivity contribution >= 4 is 17.3 Å². The first-order valence-electron chi connectivity index (χ1n) is 7.14. The van der Waals surface area contributed by atoms with Crippen LogP contribution in [0, 0.1) is 10.1 Å². The predicted octanol–water partition coefficient (Wildman–Crippen LogP) is 3.15. The average Bonchev–Trinajstić information content (AvgIpc) is 2.53. The zero-order valence-corrected chi connectivity index (χ0v) is 12.4. The second kappa shape index (κ2) is 6.56. The van der Waals surface area contributed by atoms with Crippen molar-refractivity contribution < 1.29 is 14.5 Å². The molecule has 0 atom stereocenters. The predicted molar refractivity (Wildman–Crippen MR) is 79.7 cm³/mol. The number of rotatable bonds is 4. The van der Waals surface area contributed by atoms with Crippen molar-refractivity contribution in [3.05, 3.63) is 33.9 Å². The second-order valence-corrected chi connectivity index (χ2v) is 5.35. The van der Waals surface area contributed by atoms with E-state index in [-0.39, 0.29) is 11.7 Å². The number of nitro groups is 1. The first-order valence-corrected chi connectivity index (χ1v) is 7.14. The molecule has 21 heavy (non-hydrogen) atoms. The number of anilines is 1. The van der Waals surface area contributed by atoms with Crippen molar-refractivity contribution in [3.63, 3.8) is 0 Å². The quantitative estimate of drug-likeness (QED) is 0.484. The van der Waals surface area contributed by atoms with Gasteiger partial charge in [0.15, 0.2) is 0 Å². The third-order valence-corrected chi connectivity index (χ3v) is 4.10. The van der Waals surface area contributed by atoms with E-state index in [0.717, 1.165) is 25.7 Å². The molecule has 1 aromatic rings. The molecule has 114 valence electrons.